The SMILES string of the molecule is CC(C)n1nc(-c2cc3ccc(-c4nncs4)cc3[nH]2)c2c(N)ncnc21. The maximum absolute atomic E-state index is 6.16. The summed E-state index contributed by atoms with van der Waals surface area (Å²) < 4.78 is 1.88. The highest BCUT2D eigenvalue weighted by Crippen LogP contribution is 2.34. The summed E-state index contributed by atoms with van der Waals surface area (Å²) in [5.41, 5.74) is 12.3. The highest BCUT2D eigenvalue weighted by atomic mass is 32.1. The fraction of sp³-hybridized carbons (Fsp3) is 0.167. The molecule has 5 aromatic rings. The van der Waals surface area contributed by atoms with Gasteiger partial charge in [0.15, 0.2) is 5.65 Å². The smallest absolute Gasteiger partial charge is 0.164 e. The van der Waals surface area contributed by atoms with Gasteiger partial charge in [0, 0.05) is 22.5 Å². The Kier molecular flexibility index (Phi) is 3.44. The Morgan fingerprint density at radius 1 is 1.19 bits per heavy atom. The molecule has 134 valence electrons. The van der Waals surface area contributed by atoms with Crippen LogP contribution < -0.4 is 5.73 Å². The monoisotopic (exact) mass is 376 g/mol. The van der Waals surface area contributed by atoms with Crippen molar-refractivity contribution in [2.24, 2.45) is 0 Å². The first-order valence-electron chi connectivity index (χ1n) is 8.50. The minimum absolute atomic E-state index is 0.156. The summed E-state index contributed by atoms with van der Waals surface area (Å²) in [5, 5.41) is 15.6. The van der Waals surface area contributed by atoms with Crippen molar-refractivity contribution in [2.75, 3.05) is 5.73 Å². The van der Waals surface area contributed by atoms with Crippen molar-refractivity contribution < 1.29 is 0 Å². The van der Waals surface area contributed by atoms with E-state index in [0.29, 0.717) is 5.82 Å². The third kappa shape index (κ3) is 2.47. The summed E-state index contributed by atoms with van der Waals surface area (Å²) >= 11 is 1.51. The molecule has 1 aromatic carbocycles. The van der Waals surface area contributed by atoms with Crippen molar-refractivity contribution >= 4 is 39.1 Å². The Balaban J connectivity index is 1.72. The number of H-pyrrole nitrogens is 1. The number of aromatic amines is 1. The predicted molar refractivity (Wildman–Crippen MR) is 106 cm³/mol. The van der Waals surface area contributed by atoms with Crippen LogP contribution in [0.4, 0.5) is 5.82 Å². The van der Waals surface area contributed by atoms with Gasteiger partial charge in [-0.15, -0.1) is 10.2 Å². The lowest BCUT2D eigenvalue weighted by Gasteiger charge is -2.05. The highest BCUT2D eigenvalue weighted by Gasteiger charge is 2.19. The van der Waals surface area contributed by atoms with Crippen LogP contribution in [0.1, 0.15) is 19.9 Å². The second kappa shape index (κ2) is 5.85. The molecular formula is C18H16N8S. The van der Waals surface area contributed by atoms with Crippen molar-refractivity contribution in [3.8, 4) is 22.0 Å². The largest absolute Gasteiger partial charge is 0.383 e. The van der Waals surface area contributed by atoms with Crippen molar-refractivity contribution in [2.45, 2.75) is 19.9 Å². The summed E-state index contributed by atoms with van der Waals surface area (Å²) in [6.07, 6.45) is 1.47. The van der Waals surface area contributed by atoms with Crippen LogP contribution >= 0.6 is 11.3 Å². The molecule has 0 unspecified atom stereocenters. The summed E-state index contributed by atoms with van der Waals surface area (Å²) in [6, 6.07) is 8.40. The molecule has 0 radical (unpaired) electrons. The Morgan fingerprint density at radius 3 is 2.85 bits per heavy atom. The molecule has 0 saturated carbocycles. The lowest BCUT2D eigenvalue weighted by molar-refractivity contribution is 0.547. The third-order valence-electron chi connectivity index (χ3n) is 4.49. The van der Waals surface area contributed by atoms with E-state index in [0.717, 1.165) is 43.9 Å². The summed E-state index contributed by atoms with van der Waals surface area (Å²) in [7, 11) is 0. The molecule has 3 N–H and O–H groups in total. The number of nitrogens with one attached hydrogen (secondary N) is 1. The molecule has 9 heteroatoms. The zero-order valence-electron chi connectivity index (χ0n) is 14.7. The van der Waals surface area contributed by atoms with E-state index >= 15 is 0 Å². The van der Waals surface area contributed by atoms with Crippen LogP contribution in [0.3, 0.4) is 0 Å². The van der Waals surface area contributed by atoms with Crippen molar-refractivity contribution in [1.29, 1.82) is 0 Å². The van der Waals surface area contributed by atoms with Crippen LogP contribution in [0, 0.1) is 0 Å². The van der Waals surface area contributed by atoms with E-state index in [2.05, 4.69) is 57.2 Å². The van der Waals surface area contributed by atoms with Gasteiger partial charge in [-0.1, -0.05) is 23.5 Å². The fourth-order valence-corrected chi connectivity index (χ4v) is 3.78. The molecular weight excluding hydrogens is 360 g/mol. The molecule has 0 fully saturated rings. The van der Waals surface area contributed by atoms with E-state index in [9.17, 15) is 0 Å². The second-order valence-corrected chi connectivity index (χ2v) is 7.41. The predicted octanol–water partition coefficient (Wildman–Crippen LogP) is 3.66. The second-order valence-electron chi connectivity index (χ2n) is 6.57. The van der Waals surface area contributed by atoms with Gasteiger partial charge in [-0.25, -0.2) is 14.6 Å². The zero-order chi connectivity index (χ0) is 18.5. The summed E-state index contributed by atoms with van der Waals surface area (Å²) in [5.74, 6) is 0.426. The van der Waals surface area contributed by atoms with E-state index in [1.807, 2.05) is 10.7 Å². The topological polar surface area (TPSA) is 111 Å². The van der Waals surface area contributed by atoms with Gasteiger partial charge >= 0.3 is 0 Å². The number of nitrogen functional groups attached to an aromatic ring is 1. The Hall–Kier alpha value is -3.33. The molecule has 0 saturated heterocycles. The first-order chi connectivity index (χ1) is 13.1. The van der Waals surface area contributed by atoms with E-state index in [4.69, 9.17) is 10.8 Å². The Labute approximate surface area is 158 Å². The van der Waals surface area contributed by atoms with Crippen LogP contribution in [0.5, 0.6) is 0 Å². The van der Waals surface area contributed by atoms with Crippen LogP contribution in [0.15, 0.2) is 36.1 Å². The molecule has 4 aromatic heterocycles. The number of nitrogens with zero attached hydrogens (tertiary/aromatic N) is 6. The molecule has 5 rings (SSSR count). The average Bonchev–Trinajstić information content (AvgIpc) is 3.38. The highest BCUT2D eigenvalue weighted by molar-refractivity contribution is 7.12. The molecule has 0 aliphatic carbocycles. The van der Waals surface area contributed by atoms with Gasteiger partial charge < -0.3 is 10.7 Å². The lowest BCUT2D eigenvalue weighted by Crippen LogP contribution is -2.04. The van der Waals surface area contributed by atoms with Crippen LogP contribution in [0.2, 0.25) is 0 Å². The van der Waals surface area contributed by atoms with E-state index < -0.39 is 0 Å². The van der Waals surface area contributed by atoms with Gasteiger partial charge in [-0.3, -0.25) is 0 Å². The summed E-state index contributed by atoms with van der Waals surface area (Å²) in [4.78, 5) is 12.0. The molecule has 0 amide bonds. The normalized spacial score (nSPS) is 11.8. The molecule has 8 nitrogen and oxygen atoms in total. The van der Waals surface area contributed by atoms with Gasteiger partial charge in [0.2, 0.25) is 0 Å². The number of anilines is 1. The van der Waals surface area contributed by atoms with Gasteiger partial charge in [0.1, 0.15) is 28.4 Å². The van der Waals surface area contributed by atoms with Gasteiger partial charge in [0.05, 0.1) is 11.1 Å². The minimum atomic E-state index is 0.156. The number of nitrogens with two attached hydrogens (primary N) is 1. The van der Waals surface area contributed by atoms with E-state index in [-0.39, 0.29) is 6.04 Å². The van der Waals surface area contributed by atoms with Crippen molar-refractivity contribution in [1.82, 2.24) is 34.9 Å². The van der Waals surface area contributed by atoms with Crippen LogP contribution in [-0.4, -0.2) is 34.9 Å². The number of rotatable bonds is 3. The summed E-state index contributed by atoms with van der Waals surface area (Å²) in [6.45, 7) is 4.13. The van der Waals surface area contributed by atoms with Crippen molar-refractivity contribution in [3.63, 3.8) is 0 Å². The molecule has 0 bridgehead atoms. The Bertz CT molecular complexity index is 1270. The number of benzene rings is 1. The lowest BCUT2D eigenvalue weighted by atomic mass is 10.1. The number of hydrogen-bond acceptors (Lipinski definition) is 7. The zero-order valence-corrected chi connectivity index (χ0v) is 15.5. The third-order valence-corrected chi connectivity index (χ3v) is 5.23. The molecule has 4 heterocycles. The van der Waals surface area contributed by atoms with Crippen LogP contribution in [-0.2, 0) is 0 Å². The Morgan fingerprint density at radius 2 is 2.07 bits per heavy atom. The minimum Gasteiger partial charge on any atom is -0.383 e. The molecule has 0 spiro atoms. The average molecular weight is 376 g/mol. The van der Waals surface area contributed by atoms with Crippen LogP contribution in [0.25, 0.3) is 43.9 Å². The number of aromatic nitrogens is 7. The quantitative estimate of drug-likeness (QED) is 0.497. The first-order valence-corrected chi connectivity index (χ1v) is 9.38. The van der Waals surface area contributed by atoms with E-state index in [1.165, 1.54) is 17.7 Å². The van der Waals surface area contributed by atoms with E-state index in [1.54, 1.807) is 5.51 Å². The van der Waals surface area contributed by atoms with Gasteiger partial charge in [0.25, 0.3) is 0 Å². The first kappa shape index (κ1) is 15.9. The standard InChI is InChI=1S/C18H16N8S/c1-9(2)26-17-14(16(19)20-7-21-17)15(25-26)13-5-10-3-4-11(6-12(10)23-13)18-24-22-8-27-18/h3-9,23H,1-2H3,(H2,19,20,21). The molecule has 0 atom stereocenters. The van der Waals surface area contributed by atoms with Crippen molar-refractivity contribution in [3.05, 3.63) is 36.1 Å². The fourth-order valence-electron chi connectivity index (χ4n) is 3.23. The number of hydrogen-bond donors (Lipinski definition) is 2. The molecule has 0 aliphatic rings. The molecule has 0 aliphatic heterocycles. The molecule has 27 heavy (non-hydrogen) atoms. The maximum Gasteiger partial charge on any atom is 0.164 e. The van der Waals surface area contributed by atoms with Gasteiger partial charge in [-0.2, -0.15) is 5.10 Å². The van der Waals surface area contributed by atoms with Gasteiger partial charge in [-0.05, 0) is 26.0 Å². The number of fused-ring (bicyclic) bond motifs is 2. The maximum atomic E-state index is 6.16.